The quantitative estimate of drug-likeness (QED) is 0.748. The first-order chi connectivity index (χ1) is 6.72. The van der Waals surface area contributed by atoms with Gasteiger partial charge in [0.2, 0.25) is 0 Å². The van der Waals surface area contributed by atoms with Crippen LogP contribution >= 0.6 is 22.6 Å². The number of rotatable bonds is 0. The summed E-state index contributed by atoms with van der Waals surface area (Å²) in [6, 6.07) is 6.39. The van der Waals surface area contributed by atoms with Crippen LogP contribution in [0.15, 0.2) is 12.1 Å². The Labute approximate surface area is 97.2 Å². The van der Waals surface area contributed by atoms with Crippen LogP contribution in [0.25, 0.3) is 0 Å². The fourth-order valence-corrected chi connectivity index (χ4v) is 2.60. The summed E-state index contributed by atoms with van der Waals surface area (Å²) < 4.78 is 1.04. The van der Waals surface area contributed by atoms with E-state index in [9.17, 15) is 0 Å². The Hall–Kier alpha value is -0.600. The monoisotopic (exact) mass is 298 g/mol. The van der Waals surface area contributed by atoms with Crippen LogP contribution in [0, 0.1) is 14.9 Å². The van der Waals surface area contributed by atoms with Gasteiger partial charge in [0.05, 0.1) is 5.56 Å². The summed E-state index contributed by atoms with van der Waals surface area (Å²) in [5.74, 6) is 0. The molecule has 0 fully saturated rings. The molecule has 0 unspecified atom stereocenters. The molecule has 1 aromatic carbocycles. The van der Waals surface area contributed by atoms with Crippen molar-refractivity contribution in [2.75, 3.05) is 0 Å². The van der Waals surface area contributed by atoms with Crippen LogP contribution in [-0.2, 0) is 6.42 Å². The molecule has 0 radical (unpaired) electrons. The van der Waals surface area contributed by atoms with E-state index in [0.29, 0.717) is 0 Å². The summed E-state index contributed by atoms with van der Waals surface area (Å²) in [5.41, 5.74) is 9.26. The number of aryl methyl sites for hydroxylation is 1. The molecule has 1 aliphatic rings. The molecule has 72 valence electrons. The molecule has 0 saturated heterocycles. The van der Waals surface area contributed by atoms with E-state index in [4.69, 9.17) is 11.0 Å². The van der Waals surface area contributed by atoms with Gasteiger partial charge in [-0.2, -0.15) is 5.26 Å². The Morgan fingerprint density at radius 1 is 1.50 bits per heavy atom. The van der Waals surface area contributed by atoms with Crippen molar-refractivity contribution in [2.24, 2.45) is 5.73 Å². The van der Waals surface area contributed by atoms with E-state index >= 15 is 0 Å². The van der Waals surface area contributed by atoms with Crippen LogP contribution in [0.1, 0.15) is 35.6 Å². The molecule has 0 aromatic heterocycles. The standard InChI is InChI=1S/C11H11IN2/c12-10-5-7-2-1-3-11(14)9(7)4-8(10)6-13/h4-5,11H,1-3,14H2/t11-/m1/s1. The Morgan fingerprint density at radius 2 is 2.29 bits per heavy atom. The van der Waals surface area contributed by atoms with E-state index in [0.717, 1.165) is 28.4 Å². The Morgan fingerprint density at radius 3 is 3.00 bits per heavy atom. The van der Waals surface area contributed by atoms with Crippen LogP contribution in [0.5, 0.6) is 0 Å². The molecule has 1 atom stereocenters. The average Bonchev–Trinajstić information content (AvgIpc) is 2.17. The summed E-state index contributed by atoms with van der Waals surface area (Å²) in [7, 11) is 0. The zero-order chi connectivity index (χ0) is 10.1. The first-order valence-corrected chi connectivity index (χ1v) is 5.78. The van der Waals surface area contributed by atoms with E-state index < -0.39 is 0 Å². The first-order valence-electron chi connectivity index (χ1n) is 4.70. The minimum atomic E-state index is 0.128. The molecular weight excluding hydrogens is 287 g/mol. The summed E-state index contributed by atoms with van der Waals surface area (Å²) >= 11 is 2.21. The summed E-state index contributed by atoms with van der Waals surface area (Å²) in [4.78, 5) is 0. The van der Waals surface area contributed by atoms with Crippen molar-refractivity contribution in [1.29, 1.82) is 5.26 Å². The molecule has 2 rings (SSSR count). The third kappa shape index (κ3) is 1.64. The second kappa shape index (κ2) is 3.87. The summed E-state index contributed by atoms with van der Waals surface area (Å²) in [6.07, 6.45) is 3.30. The maximum absolute atomic E-state index is 8.91. The third-order valence-electron chi connectivity index (χ3n) is 2.71. The zero-order valence-corrected chi connectivity index (χ0v) is 9.91. The van der Waals surface area contributed by atoms with Gasteiger partial charge in [-0.05, 0) is 65.1 Å². The van der Waals surface area contributed by atoms with Gasteiger partial charge in [-0.25, -0.2) is 0 Å². The number of nitriles is 1. The molecule has 3 heteroatoms. The molecule has 2 nitrogen and oxygen atoms in total. The SMILES string of the molecule is N#Cc1cc2c(cc1I)CCC[C@H]2N. The van der Waals surface area contributed by atoms with Crippen LogP contribution in [0.4, 0.5) is 0 Å². The molecule has 14 heavy (non-hydrogen) atoms. The Bertz CT molecular complexity index is 406. The van der Waals surface area contributed by atoms with Gasteiger partial charge >= 0.3 is 0 Å². The van der Waals surface area contributed by atoms with Gasteiger partial charge in [0.25, 0.3) is 0 Å². The van der Waals surface area contributed by atoms with E-state index in [2.05, 4.69) is 34.7 Å². The number of benzene rings is 1. The van der Waals surface area contributed by atoms with Crippen LogP contribution in [0.3, 0.4) is 0 Å². The normalized spacial score (nSPS) is 19.9. The maximum atomic E-state index is 8.91. The Kier molecular flexibility index (Phi) is 2.75. The number of nitrogens with zero attached hydrogens (tertiary/aromatic N) is 1. The maximum Gasteiger partial charge on any atom is 0.100 e. The highest BCUT2D eigenvalue weighted by molar-refractivity contribution is 14.1. The molecular formula is C11H11IN2. The number of halogens is 1. The Balaban J connectivity index is 2.56. The molecule has 2 N–H and O–H groups in total. The predicted molar refractivity (Wildman–Crippen MR) is 63.7 cm³/mol. The molecule has 0 amide bonds. The van der Waals surface area contributed by atoms with E-state index in [-0.39, 0.29) is 6.04 Å². The molecule has 0 heterocycles. The molecule has 0 aliphatic heterocycles. The van der Waals surface area contributed by atoms with Crippen molar-refractivity contribution in [3.63, 3.8) is 0 Å². The van der Waals surface area contributed by atoms with Crippen LogP contribution < -0.4 is 5.73 Å². The highest BCUT2D eigenvalue weighted by Crippen LogP contribution is 2.30. The zero-order valence-electron chi connectivity index (χ0n) is 7.76. The summed E-state index contributed by atoms with van der Waals surface area (Å²) in [6.45, 7) is 0. The van der Waals surface area contributed by atoms with Gasteiger partial charge in [0.1, 0.15) is 6.07 Å². The van der Waals surface area contributed by atoms with Gasteiger partial charge in [0.15, 0.2) is 0 Å². The number of fused-ring (bicyclic) bond motifs is 1. The molecule has 1 aromatic rings. The van der Waals surface area contributed by atoms with E-state index in [1.807, 2.05) is 6.07 Å². The second-order valence-electron chi connectivity index (χ2n) is 3.64. The molecule has 0 bridgehead atoms. The lowest BCUT2D eigenvalue weighted by Gasteiger charge is -2.22. The molecule has 0 saturated carbocycles. The van der Waals surface area contributed by atoms with Crippen molar-refractivity contribution >= 4 is 22.6 Å². The van der Waals surface area contributed by atoms with Crippen molar-refractivity contribution in [2.45, 2.75) is 25.3 Å². The highest BCUT2D eigenvalue weighted by Gasteiger charge is 2.18. The van der Waals surface area contributed by atoms with Crippen LogP contribution in [-0.4, -0.2) is 0 Å². The number of nitrogens with two attached hydrogens (primary N) is 1. The van der Waals surface area contributed by atoms with Crippen molar-refractivity contribution < 1.29 is 0 Å². The van der Waals surface area contributed by atoms with Gasteiger partial charge < -0.3 is 5.73 Å². The van der Waals surface area contributed by atoms with E-state index in [1.165, 1.54) is 11.1 Å². The lowest BCUT2D eigenvalue weighted by molar-refractivity contribution is 0.570. The van der Waals surface area contributed by atoms with Crippen molar-refractivity contribution in [3.8, 4) is 6.07 Å². The molecule has 1 aliphatic carbocycles. The first kappa shape index (κ1) is 9.94. The fraction of sp³-hybridized carbons (Fsp3) is 0.364. The van der Waals surface area contributed by atoms with Gasteiger partial charge in [-0.15, -0.1) is 0 Å². The number of hydrogen-bond acceptors (Lipinski definition) is 2. The predicted octanol–water partition coefficient (Wildman–Crippen LogP) is 2.50. The summed E-state index contributed by atoms with van der Waals surface area (Å²) in [5, 5.41) is 8.91. The minimum Gasteiger partial charge on any atom is -0.324 e. The van der Waals surface area contributed by atoms with Crippen molar-refractivity contribution in [3.05, 3.63) is 32.4 Å². The second-order valence-corrected chi connectivity index (χ2v) is 4.80. The van der Waals surface area contributed by atoms with Gasteiger partial charge in [-0.1, -0.05) is 0 Å². The van der Waals surface area contributed by atoms with Gasteiger partial charge in [0, 0.05) is 9.61 Å². The molecule has 0 spiro atoms. The topological polar surface area (TPSA) is 49.8 Å². The largest absolute Gasteiger partial charge is 0.324 e. The lowest BCUT2D eigenvalue weighted by atomic mass is 9.87. The highest BCUT2D eigenvalue weighted by atomic mass is 127. The van der Waals surface area contributed by atoms with Crippen molar-refractivity contribution in [1.82, 2.24) is 0 Å². The third-order valence-corrected chi connectivity index (χ3v) is 3.60. The number of hydrogen-bond donors (Lipinski definition) is 1. The van der Waals surface area contributed by atoms with Crippen LogP contribution in [0.2, 0.25) is 0 Å². The lowest BCUT2D eigenvalue weighted by Crippen LogP contribution is -2.17. The van der Waals surface area contributed by atoms with Gasteiger partial charge in [-0.3, -0.25) is 0 Å². The smallest absolute Gasteiger partial charge is 0.100 e. The average molecular weight is 298 g/mol. The minimum absolute atomic E-state index is 0.128. The van der Waals surface area contributed by atoms with E-state index in [1.54, 1.807) is 0 Å². The fourth-order valence-electron chi connectivity index (χ4n) is 1.95.